The molecule has 0 amide bonds. The summed E-state index contributed by atoms with van der Waals surface area (Å²) in [6.45, 7) is 0. The highest BCUT2D eigenvalue weighted by atomic mass is 19.4. The van der Waals surface area contributed by atoms with Crippen molar-refractivity contribution in [2.45, 2.75) is 6.18 Å². The predicted molar refractivity (Wildman–Crippen MR) is 48.8 cm³/mol. The number of aryl methyl sites for hydroxylation is 2. The Balaban J connectivity index is 2.89. The van der Waals surface area contributed by atoms with Gasteiger partial charge in [0.05, 0.1) is 6.33 Å². The van der Waals surface area contributed by atoms with E-state index in [1.165, 1.54) is 14.1 Å². The summed E-state index contributed by atoms with van der Waals surface area (Å²) in [6, 6.07) is 0. The lowest BCUT2D eigenvalue weighted by molar-refractivity contribution is -0.146. The minimum absolute atomic E-state index is 0.0737. The molecule has 0 N–H and O–H groups in total. The quantitative estimate of drug-likeness (QED) is 0.671. The second-order valence-electron chi connectivity index (χ2n) is 3.33. The number of fused-ring (bicyclic) bond motifs is 1. The summed E-state index contributed by atoms with van der Waals surface area (Å²) in [5, 5.41) is 0. The van der Waals surface area contributed by atoms with Crippen LogP contribution in [0.2, 0.25) is 0 Å². The van der Waals surface area contributed by atoms with Crippen molar-refractivity contribution in [2.75, 3.05) is 0 Å². The summed E-state index contributed by atoms with van der Waals surface area (Å²) in [5.74, 6) is -1.13. The Morgan fingerprint density at radius 2 is 1.94 bits per heavy atom. The molecule has 2 aromatic heterocycles. The standard InChI is InChI=1S/C8H7F3N4O/c1-14-3-12-5-4(6(14)16)13-7(15(5)2)8(9,10)11/h3H,1-2H3. The lowest BCUT2D eigenvalue weighted by atomic mass is 10.5. The molecule has 0 bridgehead atoms. The number of hydrogen-bond acceptors (Lipinski definition) is 3. The highest BCUT2D eigenvalue weighted by Crippen LogP contribution is 2.29. The SMILES string of the molecule is Cn1cnc2c(nc(C(F)(F)F)n2C)c1=O. The van der Waals surface area contributed by atoms with E-state index in [9.17, 15) is 18.0 Å². The van der Waals surface area contributed by atoms with Gasteiger partial charge in [0.1, 0.15) is 0 Å². The summed E-state index contributed by atoms with van der Waals surface area (Å²) in [6.07, 6.45) is -3.44. The van der Waals surface area contributed by atoms with Crippen LogP contribution in [0.3, 0.4) is 0 Å². The van der Waals surface area contributed by atoms with Gasteiger partial charge in [-0.05, 0) is 0 Å². The molecule has 0 spiro atoms. The molecular formula is C8H7F3N4O. The Morgan fingerprint density at radius 3 is 2.50 bits per heavy atom. The third-order valence-corrected chi connectivity index (χ3v) is 2.19. The topological polar surface area (TPSA) is 52.7 Å². The molecule has 2 rings (SSSR count). The molecule has 16 heavy (non-hydrogen) atoms. The van der Waals surface area contributed by atoms with E-state index in [-0.39, 0.29) is 11.2 Å². The van der Waals surface area contributed by atoms with Gasteiger partial charge in [-0.1, -0.05) is 0 Å². The number of rotatable bonds is 0. The fourth-order valence-corrected chi connectivity index (χ4v) is 1.40. The van der Waals surface area contributed by atoms with Gasteiger partial charge in [-0.25, -0.2) is 9.97 Å². The van der Waals surface area contributed by atoms with Crippen LogP contribution in [-0.2, 0) is 20.3 Å². The second kappa shape index (κ2) is 3.06. The number of halogens is 3. The predicted octanol–water partition coefficient (Wildman–Crippen LogP) is 0.686. The van der Waals surface area contributed by atoms with Gasteiger partial charge in [-0.3, -0.25) is 4.79 Å². The van der Waals surface area contributed by atoms with E-state index in [1.54, 1.807) is 0 Å². The zero-order chi connectivity index (χ0) is 12.1. The van der Waals surface area contributed by atoms with Crippen LogP contribution in [0.25, 0.3) is 11.2 Å². The van der Waals surface area contributed by atoms with Crippen molar-refractivity contribution in [2.24, 2.45) is 14.1 Å². The summed E-state index contributed by atoms with van der Waals surface area (Å²) >= 11 is 0. The number of aromatic nitrogens is 4. The van der Waals surface area contributed by atoms with Gasteiger partial charge in [0.15, 0.2) is 11.2 Å². The third-order valence-electron chi connectivity index (χ3n) is 2.19. The summed E-state index contributed by atoms with van der Waals surface area (Å²) in [7, 11) is 2.57. The van der Waals surface area contributed by atoms with Crippen molar-refractivity contribution < 1.29 is 13.2 Å². The third kappa shape index (κ3) is 1.37. The van der Waals surface area contributed by atoms with Crippen LogP contribution < -0.4 is 5.56 Å². The first-order valence-electron chi connectivity index (χ1n) is 4.27. The molecule has 5 nitrogen and oxygen atoms in total. The van der Waals surface area contributed by atoms with E-state index in [1.807, 2.05) is 0 Å². The molecule has 0 fully saturated rings. The molecule has 0 aliphatic heterocycles. The molecular weight excluding hydrogens is 225 g/mol. The van der Waals surface area contributed by atoms with Crippen LogP contribution >= 0.6 is 0 Å². The van der Waals surface area contributed by atoms with Crippen molar-refractivity contribution in [1.29, 1.82) is 0 Å². The zero-order valence-corrected chi connectivity index (χ0v) is 8.41. The number of imidazole rings is 1. The van der Waals surface area contributed by atoms with Gasteiger partial charge in [-0.15, -0.1) is 0 Å². The molecule has 8 heteroatoms. The number of nitrogens with zero attached hydrogens (tertiary/aromatic N) is 4. The lowest BCUT2D eigenvalue weighted by Crippen LogP contribution is -2.17. The van der Waals surface area contributed by atoms with E-state index in [0.29, 0.717) is 0 Å². The Labute approximate surface area is 87.2 Å². The van der Waals surface area contributed by atoms with E-state index < -0.39 is 17.6 Å². The zero-order valence-electron chi connectivity index (χ0n) is 8.41. The lowest BCUT2D eigenvalue weighted by Gasteiger charge is -2.04. The molecule has 0 radical (unpaired) electrons. The average Bonchev–Trinajstić information content (AvgIpc) is 2.50. The highest BCUT2D eigenvalue weighted by Gasteiger charge is 2.37. The Bertz CT molecular complexity index is 610. The van der Waals surface area contributed by atoms with Crippen LogP contribution in [0.15, 0.2) is 11.1 Å². The average molecular weight is 232 g/mol. The summed E-state index contributed by atoms with van der Waals surface area (Å²) in [4.78, 5) is 18.5. The summed E-state index contributed by atoms with van der Waals surface area (Å²) < 4.78 is 39.3. The van der Waals surface area contributed by atoms with Crippen LogP contribution in [0.1, 0.15) is 5.82 Å². The van der Waals surface area contributed by atoms with Gasteiger partial charge in [0.25, 0.3) is 5.56 Å². The Morgan fingerprint density at radius 1 is 1.31 bits per heavy atom. The van der Waals surface area contributed by atoms with Gasteiger partial charge < -0.3 is 9.13 Å². The molecule has 2 heterocycles. The fraction of sp³-hybridized carbons (Fsp3) is 0.375. The van der Waals surface area contributed by atoms with Crippen LogP contribution in [0.5, 0.6) is 0 Å². The van der Waals surface area contributed by atoms with Gasteiger partial charge in [0.2, 0.25) is 5.82 Å². The van der Waals surface area contributed by atoms with Crippen LogP contribution in [-0.4, -0.2) is 19.1 Å². The van der Waals surface area contributed by atoms with Crippen LogP contribution in [0.4, 0.5) is 13.2 Å². The van der Waals surface area contributed by atoms with Crippen molar-refractivity contribution in [3.05, 3.63) is 22.5 Å². The minimum atomic E-state index is -4.60. The molecule has 0 saturated heterocycles. The van der Waals surface area contributed by atoms with Gasteiger partial charge in [0, 0.05) is 14.1 Å². The van der Waals surface area contributed by atoms with E-state index in [4.69, 9.17) is 0 Å². The largest absolute Gasteiger partial charge is 0.449 e. The first-order valence-corrected chi connectivity index (χ1v) is 4.27. The van der Waals surface area contributed by atoms with Gasteiger partial charge >= 0.3 is 6.18 Å². The molecule has 0 aliphatic carbocycles. The fourth-order valence-electron chi connectivity index (χ4n) is 1.40. The number of alkyl halides is 3. The number of hydrogen-bond donors (Lipinski definition) is 0. The first-order chi connectivity index (χ1) is 7.32. The van der Waals surface area contributed by atoms with Crippen molar-refractivity contribution >= 4 is 11.2 Å². The summed E-state index contributed by atoms with van der Waals surface area (Å²) in [5.41, 5.74) is -0.952. The molecule has 2 aromatic rings. The maximum atomic E-state index is 12.5. The molecule has 0 unspecified atom stereocenters. The monoisotopic (exact) mass is 232 g/mol. The van der Waals surface area contributed by atoms with Crippen molar-refractivity contribution in [1.82, 2.24) is 19.1 Å². The molecule has 0 atom stereocenters. The van der Waals surface area contributed by atoms with Gasteiger partial charge in [-0.2, -0.15) is 13.2 Å². The van der Waals surface area contributed by atoms with Crippen molar-refractivity contribution in [3.63, 3.8) is 0 Å². The Hall–Kier alpha value is -1.86. The van der Waals surface area contributed by atoms with E-state index in [2.05, 4.69) is 9.97 Å². The molecule has 86 valence electrons. The van der Waals surface area contributed by atoms with E-state index >= 15 is 0 Å². The molecule has 0 saturated carbocycles. The maximum Gasteiger partial charge on any atom is 0.449 e. The van der Waals surface area contributed by atoms with Crippen molar-refractivity contribution in [3.8, 4) is 0 Å². The minimum Gasteiger partial charge on any atom is -0.308 e. The normalized spacial score (nSPS) is 12.3. The molecule has 0 aromatic carbocycles. The van der Waals surface area contributed by atoms with Crippen LogP contribution in [0, 0.1) is 0 Å². The smallest absolute Gasteiger partial charge is 0.308 e. The first kappa shape index (κ1) is 10.7. The maximum absolute atomic E-state index is 12.5. The second-order valence-corrected chi connectivity index (χ2v) is 3.33. The molecule has 0 aliphatic rings. The highest BCUT2D eigenvalue weighted by molar-refractivity contribution is 5.70. The Kier molecular flexibility index (Phi) is 2.04. The van der Waals surface area contributed by atoms with E-state index in [0.717, 1.165) is 15.5 Å².